The van der Waals surface area contributed by atoms with Crippen molar-refractivity contribution in [3.63, 3.8) is 0 Å². The highest BCUT2D eigenvalue weighted by Crippen LogP contribution is 2.32. The van der Waals surface area contributed by atoms with Gasteiger partial charge >= 0.3 is 0 Å². The van der Waals surface area contributed by atoms with Crippen molar-refractivity contribution in [2.24, 2.45) is 0 Å². The Morgan fingerprint density at radius 3 is 2.80 bits per heavy atom. The minimum atomic E-state index is -1.21. The highest BCUT2D eigenvalue weighted by Gasteiger charge is 2.44. The second kappa shape index (κ2) is 4.94. The number of aliphatic hydroxyl groups is 3. The zero-order valence-electron chi connectivity index (χ0n) is 10.6. The summed E-state index contributed by atoms with van der Waals surface area (Å²) in [7, 11) is 1.48. The maximum absolute atomic E-state index is 10.00. The van der Waals surface area contributed by atoms with Crippen molar-refractivity contribution in [1.82, 2.24) is 19.7 Å². The monoisotopic (exact) mass is 282 g/mol. The lowest BCUT2D eigenvalue weighted by atomic mass is 10.1. The van der Waals surface area contributed by atoms with Gasteiger partial charge < -0.3 is 24.8 Å². The molecule has 108 valence electrons. The predicted octanol–water partition coefficient (Wildman–Crippen LogP) is -1.55. The van der Waals surface area contributed by atoms with Crippen LogP contribution in [0.15, 0.2) is 12.5 Å². The molecule has 0 amide bonds. The number of nitrogens with zero attached hydrogens (tertiary/aromatic N) is 4. The maximum atomic E-state index is 10.00. The molecule has 2 aromatic rings. The second-order valence-electron chi connectivity index (χ2n) is 4.44. The Hall–Kier alpha value is -1.81. The van der Waals surface area contributed by atoms with Gasteiger partial charge in [0.05, 0.1) is 19.9 Å². The molecule has 1 saturated heterocycles. The number of ether oxygens (including phenoxy) is 2. The van der Waals surface area contributed by atoms with E-state index in [0.717, 1.165) is 0 Å². The fourth-order valence-electron chi connectivity index (χ4n) is 2.27. The number of methoxy groups -OCH3 is 1. The van der Waals surface area contributed by atoms with Crippen molar-refractivity contribution in [2.45, 2.75) is 24.5 Å². The van der Waals surface area contributed by atoms with E-state index < -0.39 is 31.1 Å². The molecule has 0 aromatic carbocycles. The number of aliphatic hydroxyl groups excluding tert-OH is 3. The van der Waals surface area contributed by atoms with E-state index >= 15 is 0 Å². The van der Waals surface area contributed by atoms with E-state index in [0.29, 0.717) is 16.9 Å². The lowest BCUT2D eigenvalue weighted by Crippen LogP contribution is -2.33. The molecule has 0 radical (unpaired) electrons. The first-order valence-electron chi connectivity index (χ1n) is 6.02. The molecule has 0 aliphatic carbocycles. The SMILES string of the molecule is COc1ncnc2c1cnn2C1O[C@H](CO)[C@@H](O)[C@H]1O. The predicted molar refractivity (Wildman–Crippen MR) is 64.9 cm³/mol. The summed E-state index contributed by atoms with van der Waals surface area (Å²) in [4.78, 5) is 8.03. The van der Waals surface area contributed by atoms with Gasteiger partial charge in [0, 0.05) is 0 Å². The van der Waals surface area contributed by atoms with Gasteiger partial charge in [0.2, 0.25) is 5.88 Å². The summed E-state index contributed by atoms with van der Waals surface area (Å²) < 4.78 is 11.8. The van der Waals surface area contributed by atoms with Crippen molar-refractivity contribution in [3.05, 3.63) is 12.5 Å². The molecule has 9 heteroatoms. The summed E-state index contributed by atoms with van der Waals surface area (Å²) >= 11 is 0. The van der Waals surface area contributed by atoms with Crippen LogP contribution in [-0.2, 0) is 4.74 Å². The molecule has 3 N–H and O–H groups in total. The van der Waals surface area contributed by atoms with Crippen LogP contribution in [0.5, 0.6) is 5.88 Å². The van der Waals surface area contributed by atoms with Crippen LogP contribution in [0.25, 0.3) is 11.0 Å². The first-order chi connectivity index (χ1) is 9.67. The van der Waals surface area contributed by atoms with E-state index in [2.05, 4.69) is 15.1 Å². The smallest absolute Gasteiger partial charge is 0.227 e. The zero-order chi connectivity index (χ0) is 14.3. The van der Waals surface area contributed by atoms with Gasteiger partial charge in [-0.1, -0.05) is 0 Å². The summed E-state index contributed by atoms with van der Waals surface area (Å²) in [5.41, 5.74) is 0.409. The molecule has 4 atom stereocenters. The molecule has 2 aromatic heterocycles. The largest absolute Gasteiger partial charge is 0.480 e. The minimum Gasteiger partial charge on any atom is -0.480 e. The third-order valence-corrected chi connectivity index (χ3v) is 3.31. The van der Waals surface area contributed by atoms with Crippen LogP contribution in [0, 0.1) is 0 Å². The maximum Gasteiger partial charge on any atom is 0.227 e. The van der Waals surface area contributed by atoms with E-state index in [1.165, 1.54) is 24.3 Å². The molecule has 1 aliphatic heterocycles. The molecular formula is C11H14N4O5. The summed E-state index contributed by atoms with van der Waals surface area (Å²) in [5, 5.41) is 33.5. The molecule has 1 unspecified atom stereocenters. The molecule has 3 heterocycles. The van der Waals surface area contributed by atoms with Gasteiger partial charge in [-0.15, -0.1) is 0 Å². The Morgan fingerprint density at radius 2 is 2.15 bits per heavy atom. The van der Waals surface area contributed by atoms with Crippen LogP contribution in [-0.4, -0.2) is 67.1 Å². The first-order valence-corrected chi connectivity index (χ1v) is 6.02. The average Bonchev–Trinajstić information content (AvgIpc) is 3.01. The van der Waals surface area contributed by atoms with Crippen molar-refractivity contribution in [3.8, 4) is 5.88 Å². The number of fused-ring (bicyclic) bond motifs is 1. The quantitative estimate of drug-likeness (QED) is 0.618. The van der Waals surface area contributed by atoms with Gasteiger partial charge in [-0.05, 0) is 0 Å². The topological polar surface area (TPSA) is 123 Å². The summed E-state index contributed by atoms with van der Waals surface area (Å²) in [5.74, 6) is 0.355. The highest BCUT2D eigenvalue weighted by atomic mass is 16.6. The van der Waals surface area contributed by atoms with Gasteiger partial charge in [-0.3, -0.25) is 0 Å². The van der Waals surface area contributed by atoms with Crippen LogP contribution in [0.1, 0.15) is 6.23 Å². The Labute approximate surface area is 113 Å². The Bertz CT molecular complexity index is 618. The van der Waals surface area contributed by atoms with Crippen molar-refractivity contribution >= 4 is 11.0 Å². The fourth-order valence-corrected chi connectivity index (χ4v) is 2.27. The summed E-state index contributed by atoms with van der Waals surface area (Å²) in [6.45, 7) is -0.397. The summed E-state index contributed by atoms with van der Waals surface area (Å²) in [6, 6.07) is 0. The molecule has 0 saturated carbocycles. The standard InChI is InChI=1S/C11H14N4O5/c1-19-10-5-2-14-15(9(5)12-4-13-10)11-8(18)7(17)6(3-16)20-11/h2,4,6-8,11,16-18H,3H2,1H3/t6-,7-,8-,11?/m1/s1. The van der Waals surface area contributed by atoms with Gasteiger partial charge in [-0.25, -0.2) is 14.6 Å². The van der Waals surface area contributed by atoms with Gasteiger partial charge in [0.15, 0.2) is 11.9 Å². The number of aromatic nitrogens is 4. The van der Waals surface area contributed by atoms with E-state index in [1.54, 1.807) is 0 Å². The molecule has 1 fully saturated rings. The van der Waals surface area contributed by atoms with E-state index in [-0.39, 0.29) is 0 Å². The lowest BCUT2D eigenvalue weighted by molar-refractivity contribution is -0.0566. The van der Waals surface area contributed by atoms with E-state index in [4.69, 9.17) is 14.6 Å². The van der Waals surface area contributed by atoms with Crippen LogP contribution in [0.4, 0.5) is 0 Å². The minimum absolute atomic E-state index is 0.355. The summed E-state index contributed by atoms with van der Waals surface area (Å²) in [6.07, 6.45) is -1.40. The number of rotatable bonds is 3. The molecular weight excluding hydrogens is 268 g/mol. The molecule has 9 nitrogen and oxygen atoms in total. The molecule has 3 rings (SSSR count). The Morgan fingerprint density at radius 1 is 1.35 bits per heavy atom. The van der Waals surface area contributed by atoms with Gasteiger partial charge in [-0.2, -0.15) is 5.10 Å². The molecule has 0 spiro atoms. The van der Waals surface area contributed by atoms with Crippen molar-refractivity contribution in [1.29, 1.82) is 0 Å². The molecule has 1 aliphatic rings. The average molecular weight is 282 g/mol. The second-order valence-corrected chi connectivity index (χ2v) is 4.44. The normalized spacial score (nSPS) is 30.0. The Balaban J connectivity index is 2.03. The zero-order valence-corrected chi connectivity index (χ0v) is 10.6. The first kappa shape index (κ1) is 13.2. The fraction of sp³-hybridized carbons (Fsp3) is 0.545. The third-order valence-electron chi connectivity index (χ3n) is 3.31. The Kier molecular flexibility index (Phi) is 3.26. The van der Waals surface area contributed by atoms with Crippen LogP contribution in [0.3, 0.4) is 0 Å². The lowest BCUT2D eigenvalue weighted by Gasteiger charge is -2.15. The van der Waals surface area contributed by atoms with E-state index in [1.807, 2.05) is 0 Å². The molecule has 0 bridgehead atoms. The van der Waals surface area contributed by atoms with Crippen molar-refractivity contribution in [2.75, 3.05) is 13.7 Å². The molecule has 20 heavy (non-hydrogen) atoms. The van der Waals surface area contributed by atoms with Crippen LogP contribution < -0.4 is 4.74 Å². The number of hydrogen-bond donors (Lipinski definition) is 3. The van der Waals surface area contributed by atoms with Crippen LogP contribution >= 0.6 is 0 Å². The van der Waals surface area contributed by atoms with Gasteiger partial charge in [0.25, 0.3) is 0 Å². The van der Waals surface area contributed by atoms with Crippen LogP contribution in [0.2, 0.25) is 0 Å². The van der Waals surface area contributed by atoms with E-state index in [9.17, 15) is 10.2 Å². The third kappa shape index (κ3) is 1.83. The van der Waals surface area contributed by atoms with Gasteiger partial charge in [0.1, 0.15) is 30.0 Å². The highest BCUT2D eigenvalue weighted by molar-refractivity contribution is 5.79. The number of hydrogen-bond acceptors (Lipinski definition) is 8. The van der Waals surface area contributed by atoms with Crippen molar-refractivity contribution < 1.29 is 24.8 Å².